The third-order valence-electron chi connectivity index (χ3n) is 2.76. The Labute approximate surface area is 132 Å². The van der Waals surface area contributed by atoms with Crippen LogP contribution in [0.1, 0.15) is 20.3 Å². The van der Waals surface area contributed by atoms with Gasteiger partial charge in [-0.3, -0.25) is 4.79 Å². The summed E-state index contributed by atoms with van der Waals surface area (Å²) < 4.78 is 6.12. The average Bonchev–Trinajstić information content (AvgIpc) is 2.85. The summed E-state index contributed by atoms with van der Waals surface area (Å²) in [6.07, 6.45) is 0.866. The maximum atomic E-state index is 11.7. The van der Waals surface area contributed by atoms with Crippen molar-refractivity contribution < 1.29 is 14.3 Å². The minimum absolute atomic E-state index is 0.185. The van der Waals surface area contributed by atoms with Gasteiger partial charge in [0.05, 0.1) is 11.8 Å². The molecule has 3 N–H and O–H groups in total. The average molecular weight is 322 g/mol. The molecule has 1 heterocycles. The number of nitrogens with zero attached hydrogens (tertiary/aromatic N) is 1. The number of amides is 3. The molecule has 7 nitrogen and oxygen atoms in total. The van der Waals surface area contributed by atoms with Gasteiger partial charge < -0.3 is 20.7 Å². The van der Waals surface area contributed by atoms with Crippen LogP contribution in [0.2, 0.25) is 0 Å². The lowest BCUT2D eigenvalue weighted by molar-refractivity contribution is -0.114. The molecule has 118 valence electrons. The second-order valence-electron chi connectivity index (χ2n) is 4.61. The van der Waals surface area contributed by atoms with Crippen LogP contribution >= 0.6 is 11.3 Å². The number of fused-ring (bicyclic) bond motifs is 1. The number of nitrogens with one attached hydrogen (secondary N) is 3. The summed E-state index contributed by atoms with van der Waals surface area (Å²) in [5.41, 5.74) is 1.26. The van der Waals surface area contributed by atoms with Gasteiger partial charge >= 0.3 is 6.03 Å². The molecule has 2 aromatic rings. The molecule has 0 radical (unpaired) electrons. The highest BCUT2D eigenvalue weighted by molar-refractivity contribution is 7.22. The number of rotatable bonds is 5. The van der Waals surface area contributed by atoms with Gasteiger partial charge in [-0.1, -0.05) is 18.3 Å². The number of hydrogen-bond acceptors (Lipinski definition) is 5. The number of carbonyl (C=O) groups excluding carboxylic acids is 2. The molecule has 0 atom stereocenters. The summed E-state index contributed by atoms with van der Waals surface area (Å²) in [5.74, 6) is 0.353. The van der Waals surface area contributed by atoms with Crippen molar-refractivity contribution in [1.29, 1.82) is 0 Å². The molecule has 0 bridgehead atoms. The predicted octanol–water partition coefficient (Wildman–Crippen LogP) is 2.79. The summed E-state index contributed by atoms with van der Waals surface area (Å²) in [4.78, 5) is 27.2. The first-order valence-corrected chi connectivity index (χ1v) is 7.66. The number of anilines is 2. The van der Waals surface area contributed by atoms with E-state index in [1.807, 2.05) is 6.92 Å². The van der Waals surface area contributed by atoms with Gasteiger partial charge in [-0.2, -0.15) is 0 Å². The monoisotopic (exact) mass is 322 g/mol. The molecule has 1 aromatic carbocycles. The number of hydrogen-bond donors (Lipinski definition) is 3. The van der Waals surface area contributed by atoms with Crippen LogP contribution in [0.15, 0.2) is 12.1 Å². The first-order valence-electron chi connectivity index (χ1n) is 6.84. The van der Waals surface area contributed by atoms with Gasteiger partial charge in [0.15, 0.2) is 5.13 Å². The number of thiazole rings is 1. The number of urea groups is 1. The molecule has 0 aliphatic rings. The first kappa shape index (κ1) is 16.0. The van der Waals surface area contributed by atoms with Crippen molar-refractivity contribution in [1.82, 2.24) is 10.3 Å². The van der Waals surface area contributed by atoms with Crippen molar-refractivity contribution in [2.24, 2.45) is 0 Å². The van der Waals surface area contributed by atoms with Gasteiger partial charge in [-0.05, 0) is 12.5 Å². The normalized spacial score (nSPS) is 10.3. The molecule has 0 fully saturated rings. The van der Waals surface area contributed by atoms with Crippen LogP contribution in [0.25, 0.3) is 10.2 Å². The molecule has 0 aliphatic heterocycles. The first-order chi connectivity index (χ1) is 10.5. The molecule has 1 aromatic heterocycles. The summed E-state index contributed by atoms with van der Waals surface area (Å²) >= 11 is 1.32. The van der Waals surface area contributed by atoms with Gasteiger partial charge in [0.1, 0.15) is 11.3 Å². The molecular formula is C14H18N4O3S. The Balaban J connectivity index is 2.29. The quantitative estimate of drug-likeness (QED) is 0.789. The lowest BCUT2D eigenvalue weighted by Crippen LogP contribution is -2.29. The predicted molar refractivity (Wildman–Crippen MR) is 87.8 cm³/mol. The standard InChI is InChI=1S/C14H18N4O3S/c1-4-5-15-13(20)17-9-6-10(21-3)12-11(7-9)22-14(18-12)16-8(2)19/h6-7H,4-5H2,1-3H3,(H2,15,17,20)(H,16,18,19). The maximum absolute atomic E-state index is 11.7. The smallest absolute Gasteiger partial charge is 0.319 e. The van der Waals surface area contributed by atoms with E-state index >= 15 is 0 Å². The van der Waals surface area contributed by atoms with Crippen molar-refractivity contribution in [3.8, 4) is 5.75 Å². The second-order valence-corrected chi connectivity index (χ2v) is 5.64. The van der Waals surface area contributed by atoms with E-state index in [0.29, 0.717) is 28.6 Å². The maximum Gasteiger partial charge on any atom is 0.319 e. The zero-order chi connectivity index (χ0) is 16.1. The van der Waals surface area contributed by atoms with Crippen molar-refractivity contribution in [3.05, 3.63) is 12.1 Å². The van der Waals surface area contributed by atoms with E-state index in [0.717, 1.165) is 11.1 Å². The number of benzene rings is 1. The zero-order valence-corrected chi connectivity index (χ0v) is 13.5. The van der Waals surface area contributed by atoms with Crippen molar-refractivity contribution in [2.75, 3.05) is 24.3 Å². The lowest BCUT2D eigenvalue weighted by atomic mass is 10.2. The van der Waals surface area contributed by atoms with Crippen LogP contribution in [0.5, 0.6) is 5.75 Å². The summed E-state index contributed by atoms with van der Waals surface area (Å²) in [5, 5.41) is 8.63. The number of methoxy groups -OCH3 is 1. The lowest BCUT2D eigenvalue weighted by Gasteiger charge is -2.08. The van der Waals surface area contributed by atoms with E-state index in [-0.39, 0.29) is 11.9 Å². The molecule has 3 amide bonds. The van der Waals surface area contributed by atoms with Crippen molar-refractivity contribution in [2.45, 2.75) is 20.3 Å². The number of aromatic nitrogens is 1. The fourth-order valence-corrected chi connectivity index (χ4v) is 2.81. The molecule has 22 heavy (non-hydrogen) atoms. The third kappa shape index (κ3) is 3.85. The fourth-order valence-electron chi connectivity index (χ4n) is 1.84. The molecule has 0 saturated heterocycles. The van der Waals surface area contributed by atoms with Crippen LogP contribution in [-0.2, 0) is 4.79 Å². The highest BCUT2D eigenvalue weighted by atomic mass is 32.1. The van der Waals surface area contributed by atoms with Gasteiger partial charge in [-0.15, -0.1) is 0 Å². The Morgan fingerprint density at radius 3 is 2.73 bits per heavy atom. The van der Waals surface area contributed by atoms with Crippen LogP contribution in [-0.4, -0.2) is 30.6 Å². The van der Waals surface area contributed by atoms with E-state index in [9.17, 15) is 9.59 Å². The molecule has 0 spiro atoms. The van der Waals surface area contributed by atoms with E-state index in [1.165, 1.54) is 25.4 Å². The van der Waals surface area contributed by atoms with Crippen LogP contribution in [0.3, 0.4) is 0 Å². The minimum atomic E-state index is -0.269. The SMILES string of the molecule is CCCNC(=O)Nc1cc(OC)c2nc(NC(C)=O)sc2c1. The Morgan fingerprint density at radius 1 is 1.32 bits per heavy atom. The molecular weight excluding hydrogens is 304 g/mol. The van der Waals surface area contributed by atoms with Gasteiger partial charge in [0.2, 0.25) is 5.91 Å². The zero-order valence-electron chi connectivity index (χ0n) is 12.6. The van der Waals surface area contributed by atoms with E-state index in [2.05, 4.69) is 20.9 Å². The van der Waals surface area contributed by atoms with Crippen LogP contribution in [0.4, 0.5) is 15.6 Å². The summed E-state index contributed by atoms with van der Waals surface area (Å²) in [7, 11) is 1.53. The van der Waals surface area contributed by atoms with E-state index in [1.54, 1.807) is 12.1 Å². The van der Waals surface area contributed by atoms with Crippen molar-refractivity contribution >= 4 is 44.3 Å². The molecule has 0 aliphatic carbocycles. The molecule has 0 saturated carbocycles. The highest BCUT2D eigenvalue weighted by Crippen LogP contribution is 2.35. The van der Waals surface area contributed by atoms with Crippen molar-refractivity contribution in [3.63, 3.8) is 0 Å². The second kappa shape index (κ2) is 7.08. The Bertz CT molecular complexity index is 699. The van der Waals surface area contributed by atoms with Gasteiger partial charge in [-0.25, -0.2) is 9.78 Å². The van der Waals surface area contributed by atoms with Crippen LogP contribution < -0.4 is 20.7 Å². The third-order valence-corrected chi connectivity index (χ3v) is 3.67. The van der Waals surface area contributed by atoms with E-state index < -0.39 is 0 Å². The topological polar surface area (TPSA) is 92.3 Å². The Hall–Kier alpha value is -2.35. The van der Waals surface area contributed by atoms with E-state index in [4.69, 9.17) is 4.74 Å². The largest absolute Gasteiger partial charge is 0.494 e. The number of carbonyl (C=O) groups is 2. The highest BCUT2D eigenvalue weighted by Gasteiger charge is 2.13. The summed E-state index contributed by atoms with van der Waals surface area (Å²) in [6.45, 7) is 4.02. The van der Waals surface area contributed by atoms with Gasteiger partial charge in [0.25, 0.3) is 0 Å². The Morgan fingerprint density at radius 2 is 2.09 bits per heavy atom. The fraction of sp³-hybridized carbons (Fsp3) is 0.357. The molecule has 0 unspecified atom stereocenters. The summed E-state index contributed by atoms with van der Waals surface area (Å²) in [6, 6.07) is 3.23. The minimum Gasteiger partial charge on any atom is -0.494 e. The Kier molecular flexibility index (Phi) is 5.16. The van der Waals surface area contributed by atoms with Crippen LogP contribution in [0, 0.1) is 0 Å². The van der Waals surface area contributed by atoms with Gasteiger partial charge in [0, 0.05) is 25.2 Å². The molecule has 2 rings (SSSR count). The number of ether oxygens (including phenoxy) is 1. The molecule has 8 heteroatoms.